The number of carbonyl (C=O) groups excluding carboxylic acids is 1. The lowest BCUT2D eigenvalue weighted by molar-refractivity contribution is 0.0602. The highest BCUT2D eigenvalue weighted by Crippen LogP contribution is 2.15. The molecule has 0 bridgehead atoms. The number of ether oxygens (including phenoxy) is 1. The molecule has 1 N–H and O–H groups in total. The molecule has 14 heavy (non-hydrogen) atoms. The lowest BCUT2D eigenvalue weighted by atomic mass is 10.2. The second-order valence-electron chi connectivity index (χ2n) is 2.34. The predicted octanol–water partition coefficient (Wildman–Crippen LogP) is 2.11. The van der Waals surface area contributed by atoms with Crippen molar-refractivity contribution in [1.29, 1.82) is 0 Å². The number of benzene rings is 1. The van der Waals surface area contributed by atoms with Crippen LogP contribution in [-0.4, -0.2) is 13.1 Å². The molecule has 0 aliphatic rings. The molecule has 72 valence electrons. The molecule has 0 aliphatic heterocycles. The van der Waals surface area contributed by atoms with Crippen LogP contribution in [0.5, 0.6) is 0 Å². The molecule has 1 aromatic carbocycles. The Hall–Kier alpha value is -2.20. The zero-order valence-electron chi connectivity index (χ0n) is 7.47. The Morgan fingerprint density at radius 3 is 2.93 bits per heavy atom. The summed E-state index contributed by atoms with van der Waals surface area (Å²) < 4.78 is 4.54. The number of nitrogens with one attached hydrogen (secondary N) is 1. The summed E-state index contributed by atoms with van der Waals surface area (Å²) in [7, 11) is 1.28. The fourth-order valence-corrected chi connectivity index (χ4v) is 0.945. The third-order valence-electron chi connectivity index (χ3n) is 1.55. The molecule has 0 fully saturated rings. The molecule has 0 saturated heterocycles. The molecule has 0 atom stereocenters. The minimum Gasteiger partial charge on any atom is -0.465 e. The molecule has 6 heteroatoms. The fraction of sp³-hybridized carbons (Fsp3) is 0.125. The topological polar surface area (TPSA) is 87.1 Å². The van der Waals surface area contributed by atoms with Crippen LogP contribution in [0.1, 0.15) is 10.4 Å². The van der Waals surface area contributed by atoms with Crippen molar-refractivity contribution in [2.24, 2.45) is 5.22 Å². The second kappa shape index (κ2) is 4.74. The van der Waals surface area contributed by atoms with Gasteiger partial charge in [-0.1, -0.05) is 12.1 Å². The molecule has 0 radical (unpaired) electrons. The van der Waals surface area contributed by atoms with Gasteiger partial charge in [0.15, 0.2) is 0 Å². The minimum atomic E-state index is -0.485. The summed E-state index contributed by atoms with van der Waals surface area (Å²) in [4.78, 5) is 13.7. The largest absolute Gasteiger partial charge is 0.465 e. The monoisotopic (exact) mass is 192 g/mol. The fourth-order valence-electron chi connectivity index (χ4n) is 0.945. The van der Waals surface area contributed by atoms with Crippen LogP contribution >= 0.6 is 0 Å². The Bertz CT molecular complexity index is 385. The second-order valence-corrected chi connectivity index (χ2v) is 2.34. The summed E-state index contributed by atoms with van der Waals surface area (Å²) in [5.74, 6) is -0.485. The highest BCUT2D eigenvalue weighted by molar-refractivity contribution is 5.95. The lowest BCUT2D eigenvalue weighted by Gasteiger charge is -2.02. The molecular formula is C8H8N4O2. The van der Waals surface area contributed by atoms with Crippen LogP contribution in [0.2, 0.25) is 0 Å². The maximum absolute atomic E-state index is 11.2. The van der Waals surface area contributed by atoms with Crippen LogP contribution in [0.15, 0.2) is 29.5 Å². The summed E-state index contributed by atoms with van der Waals surface area (Å²) in [6, 6.07) is 6.58. The van der Waals surface area contributed by atoms with Crippen LogP contribution in [0.4, 0.5) is 5.69 Å². The van der Waals surface area contributed by atoms with E-state index in [1.54, 1.807) is 24.3 Å². The van der Waals surface area contributed by atoms with Crippen molar-refractivity contribution in [2.45, 2.75) is 0 Å². The normalized spacial score (nSPS) is 8.64. The van der Waals surface area contributed by atoms with Crippen LogP contribution in [-0.2, 0) is 4.74 Å². The number of hydrogen-bond donors (Lipinski definition) is 1. The molecular weight excluding hydrogens is 184 g/mol. The summed E-state index contributed by atoms with van der Waals surface area (Å²) in [6.07, 6.45) is 0. The van der Waals surface area contributed by atoms with E-state index in [0.29, 0.717) is 11.3 Å². The molecule has 0 aromatic heterocycles. The van der Waals surface area contributed by atoms with E-state index >= 15 is 0 Å². The van der Waals surface area contributed by atoms with E-state index in [0.717, 1.165) is 0 Å². The highest BCUT2D eigenvalue weighted by atomic mass is 16.5. The first-order valence-corrected chi connectivity index (χ1v) is 3.77. The number of azide groups is 1. The van der Waals surface area contributed by atoms with Crippen LogP contribution in [0.3, 0.4) is 0 Å². The van der Waals surface area contributed by atoms with Gasteiger partial charge in [0.2, 0.25) is 0 Å². The van der Waals surface area contributed by atoms with Gasteiger partial charge in [-0.25, -0.2) is 10.2 Å². The van der Waals surface area contributed by atoms with E-state index in [1.807, 2.05) is 0 Å². The Kier molecular flexibility index (Phi) is 3.34. The van der Waals surface area contributed by atoms with Gasteiger partial charge in [0.1, 0.15) is 11.3 Å². The molecule has 0 unspecified atom stereocenters. The number of nitrogens with zero attached hydrogens (tertiary/aromatic N) is 3. The first kappa shape index (κ1) is 9.88. The SMILES string of the molecule is COC(=O)c1ccccc1NN=[N+]=[N-]. The zero-order chi connectivity index (χ0) is 10.4. The summed E-state index contributed by atoms with van der Waals surface area (Å²) >= 11 is 0. The van der Waals surface area contributed by atoms with Gasteiger partial charge >= 0.3 is 5.97 Å². The Morgan fingerprint density at radius 1 is 1.57 bits per heavy atom. The molecule has 1 aromatic rings. The number of hydrogen-bond acceptors (Lipinski definition) is 3. The highest BCUT2D eigenvalue weighted by Gasteiger charge is 2.11. The van der Waals surface area contributed by atoms with Gasteiger partial charge in [0, 0.05) is 0 Å². The van der Waals surface area contributed by atoms with Gasteiger partial charge in [-0.3, -0.25) is 0 Å². The third-order valence-corrected chi connectivity index (χ3v) is 1.55. The summed E-state index contributed by atoms with van der Waals surface area (Å²) in [6.45, 7) is 0. The Morgan fingerprint density at radius 2 is 2.29 bits per heavy atom. The standard InChI is InChI=1S/C8H8N4O2/c1-14-8(13)6-4-2-3-5-7(6)10-12-11-9/h2-5,10H,1H3. The quantitative estimate of drug-likeness (QED) is 0.261. The van der Waals surface area contributed by atoms with Gasteiger partial charge < -0.3 is 4.74 Å². The first-order valence-electron chi connectivity index (χ1n) is 3.77. The van der Waals surface area contributed by atoms with Crippen LogP contribution in [0, 0.1) is 0 Å². The van der Waals surface area contributed by atoms with Crippen molar-refractivity contribution in [2.75, 3.05) is 12.5 Å². The Labute approximate surface area is 80.1 Å². The van der Waals surface area contributed by atoms with E-state index < -0.39 is 5.97 Å². The molecule has 1 rings (SSSR count). The third kappa shape index (κ3) is 2.15. The van der Waals surface area contributed by atoms with Gasteiger partial charge in [-0.05, 0) is 17.4 Å². The first-order chi connectivity index (χ1) is 6.79. The number of anilines is 1. The van der Waals surface area contributed by atoms with Crippen molar-refractivity contribution in [3.05, 3.63) is 40.3 Å². The number of esters is 1. The van der Waals surface area contributed by atoms with Crippen molar-refractivity contribution < 1.29 is 9.53 Å². The molecule has 0 aliphatic carbocycles. The molecule has 0 heterocycles. The van der Waals surface area contributed by atoms with Gasteiger partial charge in [-0.2, -0.15) is 4.91 Å². The van der Waals surface area contributed by atoms with E-state index in [1.165, 1.54) is 7.11 Å². The van der Waals surface area contributed by atoms with Gasteiger partial charge in [0.05, 0.1) is 7.11 Å². The molecule has 0 saturated carbocycles. The van der Waals surface area contributed by atoms with Crippen molar-refractivity contribution in [3.63, 3.8) is 0 Å². The van der Waals surface area contributed by atoms with Crippen LogP contribution in [0.25, 0.3) is 10.4 Å². The lowest BCUT2D eigenvalue weighted by Crippen LogP contribution is -2.04. The average Bonchev–Trinajstić information content (AvgIpc) is 2.25. The van der Waals surface area contributed by atoms with E-state index in [-0.39, 0.29) is 0 Å². The molecule has 0 spiro atoms. The average molecular weight is 192 g/mol. The van der Waals surface area contributed by atoms with Gasteiger partial charge in [-0.15, -0.1) is 5.53 Å². The number of rotatable bonds is 3. The minimum absolute atomic E-state index is 0.322. The Balaban J connectivity index is 3.02. The van der Waals surface area contributed by atoms with Crippen LogP contribution < -0.4 is 5.43 Å². The summed E-state index contributed by atoms with van der Waals surface area (Å²) in [5.41, 5.74) is 11.2. The number of carbonyl (C=O) groups is 1. The van der Waals surface area contributed by atoms with E-state index in [2.05, 4.69) is 20.3 Å². The van der Waals surface area contributed by atoms with Crippen molar-refractivity contribution >= 4 is 11.7 Å². The maximum atomic E-state index is 11.2. The van der Waals surface area contributed by atoms with Crippen molar-refractivity contribution in [1.82, 2.24) is 0 Å². The van der Waals surface area contributed by atoms with Gasteiger partial charge in [0.25, 0.3) is 0 Å². The smallest absolute Gasteiger partial charge is 0.342 e. The summed E-state index contributed by atoms with van der Waals surface area (Å²) in [5, 5.41) is 3.14. The number of para-hydroxylation sites is 1. The van der Waals surface area contributed by atoms with E-state index in [4.69, 9.17) is 5.53 Å². The maximum Gasteiger partial charge on any atom is 0.342 e. The zero-order valence-corrected chi connectivity index (χ0v) is 7.47. The predicted molar refractivity (Wildman–Crippen MR) is 50.6 cm³/mol. The number of methoxy groups -OCH3 is 1. The molecule has 0 amide bonds. The molecule has 6 nitrogen and oxygen atoms in total. The van der Waals surface area contributed by atoms with Crippen molar-refractivity contribution in [3.8, 4) is 0 Å². The van der Waals surface area contributed by atoms with E-state index in [9.17, 15) is 4.79 Å².